The topological polar surface area (TPSA) is 88.7 Å². The van der Waals surface area contributed by atoms with E-state index in [9.17, 15) is 9.59 Å². The van der Waals surface area contributed by atoms with Crippen LogP contribution in [0.3, 0.4) is 0 Å². The smallest absolute Gasteiger partial charge is 0.406 e. The van der Waals surface area contributed by atoms with Gasteiger partial charge in [-0.15, -0.1) is 0 Å². The van der Waals surface area contributed by atoms with Crippen LogP contribution in [0.2, 0.25) is 5.02 Å². The number of carbonyl (C=O) groups is 2. The number of hydrogen-bond acceptors (Lipinski definition) is 5. The molecule has 2 saturated carbocycles. The summed E-state index contributed by atoms with van der Waals surface area (Å²) in [6.45, 7) is 17.3. The molecule has 0 heterocycles. The Morgan fingerprint density at radius 3 is 2.11 bits per heavy atom. The van der Waals surface area contributed by atoms with Gasteiger partial charge in [-0.2, -0.15) is 0 Å². The maximum atomic E-state index is 11.2. The molecular formula is C38H64ClN3O4. The second-order valence-electron chi connectivity index (χ2n) is 12.3. The summed E-state index contributed by atoms with van der Waals surface area (Å²) in [5.41, 5.74) is 4.73. The summed E-state index contributed by atoms with van der Waals surface area (Å²) in [5.74, 6) is 2.54. The summed E-state index contributed by atoms with van der Waals surface area (Å²) in [6, 6.07) is 14.4. The molecule has 0 aliphatic heterocycles. The van der Waals surface area contributed by atoms with Crippen molar-refractivity contribution in [2.45, 2.75) is 105 Å². The van der Waals surface area contributed by atoms with Gasteiger partial charge >= 0.3 is 6.09 Å². The van der Waals surface area contributed by atoms with Crippen molar-refractivity contribution in [2.75, 3.05) is 40.4 Å². The number of hydrogen-bond donors (Lipinski definition) is 3. The number of likely N-dealkylation sites (N-methyl/N-ethyl adjacent to an activating group) is 1. The van der Waals surface area contributed by atoms with E-state index in [-0.39, 0.29) is 6.10 Å². The number of amides is 2. The van der Waals surface area contributed by atoms with Gasteiger partial charge in [-0.3, -0.25) is 4.79 Å². The normalized spacial score (nSPS) is 14.3. The zero-order valence-electron chi connectivity index (χ0n) is 30.2. The molecule has 0 saturated heterocycles. The molecule has 1 unspecified atom stereocenters. The fourth-order valence-corrected chi connectivity index (χ4v) is 4.87. The highest BCUT2D eigenvalue weighted by atomic mass is 35.5. The van der Waals surface area contributed by atoms with Gasteiger partial charge in [-0.25, -0.2) is 4.79 Å². The van der Waals surface area contributed by atoms with E-state index < -0.39 is 6.09 Å². The Morgan fingerprint density at radius 1 is 0.957 bits per heavy atom. The van der Waals surface area contributed by atoms with Crippen molar-refractivity contribution < 1.29 is 19.1 Å². The number of rotatable bonds is 11. The number of alkyl carbamates (subject to hydrolysis) is 1. The van der Waals surface area contributed by atoms with E-state index in [0.717, 1.165) is 29.5 Å². The van der Waals surface area contributed by atoms with Gasteiger partial charge in [0.2, 0.25) is 6.41 Å². The van der Waals surface area contributed by atoms with Gasteiger partial charge in [0.05, 0.1) is 13.7 Å². The van der Waals surface area contributed by atoms with E-state index in [1.54, 1.807) is 0 Å². The molecule has 2 aromatic rings. The fraction of sp³-hybridized carbons (Fsp3) is 0.632. The van der Waals surface area contributed by atoms with E-state index in [0.29, 0.717) is 37.0 Å². The van der Waals surface area contributed by atoms with Crippen LogP contribution in [0.1, 0.15) is 121 Å². The molecule has 2 aromatic carbocycles. The highest BCUT2D eigenvalue weighted by molar-refractivity contribution is 6.30. The van der Waals surface area contributed by atoms with Crippen LogP contribution in [-0.4, -0.2) is 52.9 Å². The summed E-state index contributed by atoms with van der Waals surface area (Å²) < 4.78 is 10.7. The molecule has 0 spiro atoms. The van der Waals surface area contributed by atoms with E-state index in [4.69, 9.17) is 16.3 Å². The lowest BCUT2D eigenvalue weighted by Gasteiger charge is -2.21. The minimum atomic E-state index is -0.459. The molecule has 3 N–H and O–H groups in total. The van der Waals surface area contributed by atoms with Crippen molar-refractivity contribution in [3.8, 4) is 0 Å². The monoisotopic (exact) mass is 661 g/mol. The maximum Gasteiger partial charge on any atom is 0.406 e. The van der Waals surface area contributed by atoms with Crippen LogP contribution in [0.25, 0.3) is 0 Å². The van der Waals surface area contributed by atoms with E-state index in [1.807, 2.05) is 45.2 Å². The predicted molar refractivity (Wildman–Crippen MR) is 195 cm³/mol. The Hall–Kier alpha value is -2.61. The van der Waals surface area contributed by atoms with Crippen molar-refractivity contribution in [1.29, 1.82) is 0 Å². The third kappa shape index (κ3) is 22.0. The van der Waals surface area contributed by atoms with Crippen molar-refractivity contribution in [1.82, 2.24) is 16.0 Å². The molecule has 46 heavy (non-hydrogen) atoms. The molecule has 0 aromatic heterocycles. The lowest BCUT2D eigenvalue weighted by atomic mass is 9.91. The van der Waals surface area contributed by atoms with E-state index >= 15 is 0 Å². The first-order valence-electron chi connectivity index (χ1n) is 17.2. The van der Waals surface area contributed by atoms with Crippen LogP contribution >= 0.6 is 11.6 Å². The van der Waals surface area contributed by atoms with E-state index in [2.05, 4.69) is 73.5 Å². The van der Waals surface area contributed by atoms with Crippen molar-refractivity contribution in [3.05, 3.63) is 69.7 Å². The highest BCUT2D eigenvalue weighted by Gasteiger charge is 2.25. The fourth-order valence-electron chi connectivity index (χ4n) is 4.67. The van der Waals surface area contributed by atoms with Crippen LogP contribution < -0.4 is 16.0 Å². The lowest BCUT2D eigenvalue weighted by Crippen LogP contribution is -2.27. The Bertz CT molecular complexity index is 1050. The second kappa shape index (κ2) is 27.5. The number of methoxy groups -OCH3 is 1. The number of benzene rings is 2. The molecule has 7 nitrogen and oxygen atoms in total. The van der Waals surface area contributed by atoms with Crippen molar-refractivity contribution >= 4 is 24.1 Å². The standard InChI is InChI=1S/C21H24ClNO3.C7H14.C4H10N2O.C4H10.C2H6/c1-14-10-17(15-6-7-15)12-18(11-14)20(16-4-3-5-19(22)13-16)26-9-8-23-21(24)25-2;1-7-5-3-2-4-6-7;1-5-2-3-6-4-7;1-4(2)3;1-2/h3-5,10-13,15,20H,6-9H2,1-2H3,(H,23,24);7H,2-6H2,1H3;4-5H,2-3H2,1H3,(H,6,7);4H,1-3H3;1-2H3. The largest absolute Gasteiger partial charge is 0.453 e. The van der Waals surface area contributed by atoms with Crippen LogP contribution in [0.15, 0.2) is 42.5 Å². The molecule has 262 valence electrons. The molecule has 2 fully saturated rings. The number of carbonyl (C=O) groups excluding carboxylic acids is 2. The Balaban J connectivity index is 0.000000822. The summed E-state index contributed by atoms with van der Waals surface area (Å²) in [7, 11) is 3.18. The first-order valence-corrected chi connectivity index (χ1v) is 17.6. The Morgan fingerprint density at radius 2 is 1.61 bits per heavy atom. The van der Waals surface area contributed by atoms with Gasteiger partial charge < -0.3 is 25.4 Å². The van der Waals surface area contributed by atoms with Gasteiger partial charge in [0.15, 0.2) is 0 Å². The van der Waals surface area contributed by atoms with E-state index in [1.165, 1.54) is 63.2 Å². The predicted octanol–water partition coefficient (Wildman–Crippen LogP) is 9.21. The number of aryl methyl sites for hydroxylation is 1. The molecule has 4 rings (SSSR count). The summed E-state index contributed by atoms with van der Waals surface area (Å²) in [5, 5.41) is 8.71. The number of nitrogens with one attached hydrogen (secondary N) is 3. The minimum Gasteiger partial charge on any atom is -0.453 e. The quantitative estimate of drug-likeness (QED) is 0.165. The molecule has 0 radical (unpaired) electrons. The van der Waals surface area contributed by atoms with Gasteiger partial charge in [0, 0.05) is 24.7 Å². The third-order valence-corrected chi connectivity index (χ3v) is 7.20. The zero-order chi connectivity index (χ0) is 34.7. The van der Waals surface area contributed by atoms with Gasteiger partial charge in [0.25, 0.3) is 0 Å². The summed E-state index contributed by atoms with van der Waals surface area (Å²) in [6.07, 6.45) is 9.96. The van der Waals surface area contributed by atoms with Gasteiger partial charge in [-0.05, 0) is 73.4 Å². The van der Waals surface area contributed by atoms with Gasteiger partial charge in [0.1, 0.15) is 6.10 Å². The first-order chi connectivity index (χ1) is 22.1. The lowest BCUT2D eigenvalue weighted by molar-refractivity contribution is -0.109. The minimum absolute atomic E-state index is 0.231. The van der Waals surface area contributed by atoms with Gasteiger partial charge in [-0.1, -0.05) is 121 Å². The molecule has 2 amide bonds. The number of halogens is 1. The van der Waals surface area contributed by atoms with Crippen LogP contribution in [0.5, 0.6) is 0 Å². The van der Waals surface area contributed by atoms with Crippen molar-refractivity contribution in [3.63, 3.8) is 0 Å². The van der Waals surface area contributed by atoms with Crippen LogP contribution in [-0.2, 0) is 14.3 Å². The molecule has 0 bridgehead atoms. The van der Waals surface area contributed by atoms with Crippen LogP contribution in [0.4, 0.5) is 4.79 Å². The Labute approximate surface area is 285 Å². The first kappa shape index (κ1) is 43.4. The molecular weight excluding hydrogens is 598 g/mol. The molecule has 2 aliphatic carbocycles. The second-order valence-corrected chi connectivity index (χ2v) is 12.8. The molecule has 2 aliphatic rings. The SMILES string of the molecule is CC.CC(C)C.CC1CCCCC1.CNCCNC=O.COC(=O)NCCOC(c1cccc(Cl)c1)c1cc(C)cc(C2CC2)c1. The highest BCUT2D eigenvalue weighted by Crippen LogP contribution is 2.42. The maximum absolute atomic E-state index is 11.2. The summed E-state index contributed by atoms with van der Waals surface area (Å²) in [4.78, 5) is 20.7. The third-order valence-electron chi connectivity index (χ3n) is 6.96. The summed E-state index contributed by atoms with van der Waals surface area (Å²) >= 11 is 6.19. The number of ether oxygens (including phenoxy) is 2. The average Bonchev–Trinajstić information content (AvgIpc) is 3.89. The molecule has 8 heteroatoms. The average molecular weight is 662 g/mol. The van der Waals surface area contributed by atoms with Crippen LogP contribution in [0, 0.1) is 18.8 Å². The zero-order valence-corrected chi connectivity index (χ0v) is 31.0. The Kier molecular flexibility index (Phi) is 25.9. The molecule has 1 atom stereocenters. The van der Waals surface area contributed by atoms with Crippen molar-refractivity contribution in [2.24, 2.45) is 11.8 Å².